The molecular weight excluding hydrogens is 546 g/mol. The molecular formula is C31H35ClF2N6O. The second kappa shape index (κ2) is 10.9. The lowest BCUT2D eigenvalue weighted by atomic mass is 10.0. The molecule has 2 aromatic carbocycles. The molecule has 2 atom stereocenters. The van der Waals surface area contributed by atoms with Crippen LogP contribution in [0.4, 0.5) is 20.5 Å². The molecule has 0 amide bonds. The first-order valence-corrected chi connectivity index (χ1v) is 14.4. The molecule has 3 fully saturated rings. The quantitative estimate of drug-likeness (QED) is 0.292. The Morgan fingerprint density at radius 1 is 1.10 bits per heavy atom. The summed E-state index contributed by atoms with van der Waals surface area (Å²) in [5.41, 5.74) is 1.76. The van der Waals surface area contributed by atoms with Crippen molar-refractivity contribution in [2.24, 2.45) is 0 Å². The predicted molar refractivity (Wildman–Crippen MR) is 162 cm³/mol. The first kappa shape index (κ1) is 27.9. The van der Waals surface area contributed by atoms with Gasteiger partial charge in [0.15, 0.2) is 5.82 Å². The molecule has 3 saturated heterocycles. The Morgan fingerprint density at radius 2 is 1.80 bits per heavy atom. The SMILES string of the molecule is C/C(=C\C(O)=C/c1cccc(F)c1C)c1c(Cl)cc2c(N3CC4CCC(C3)N4)nc(N3CC(N(C)C)C3)nc2c1F. The Balaban J connectivity index is 1.43. The standard InChI is InChI=1S/C31H35ClF2N6O/c1-17(10-23(41)11-19-6-5-7-26(33)18(19)2)27-25(32)12-24-29(28(27)34)36-31(40-15-22(16-40)38(3)4)37-30(24)39-13-20-8-9-21(14-39)35-20/h5-7,10-12,20-22,35,41H,8-9,13-16H2,1-4H3/b17-10+,23-11+. The lowest BCUT2D eigenvalue weighted by Crippen LogP contribution is -2.58. The van der Waals surface area contributed by atoms with Crippen molar-refractivity contribution in [3.8, 4) is 0 Å². The average molecular weight is 581 g/mol. The fourth-order valence-corrected chi connectivity index (χ4v) is 6.44. The van der Waals surface area contributed by atoms with Crippen molar-refractivity contribution < 1.29 is 13.9 Å². The molecule has 2 bridgehead atoms. The number of fused-ring (bicyclic) bond motifs is 3. The number of aliphatic hydroxyl groups is 1. The van der Waals surface area contributed by atoms with E-state index in [4.69, 9.17) is 21.6 Å². The number of halogens is 3. The highest BCUT2D eigenvalue weighted by Gasteiger charge is 2.36. The summed E-state index contributed by atoms with van der Waals surface area (Å²) < 4.78 is 30.4. The number of likely N-dealkylation sites (N-methyl/N-ethyl adjacent to an activating group) is 1. The van der Waals surface area contributed by atoms with Gasteiger partial charge in [-0.05, 0) is 81.8 Å². The van der Waals surface area contributed by atoms with Crippen LogP contribution in [0.3, 0.4) is 0 Å². The van der Waals surface area contributed by atoms with Crippen LogP contribution in [0.1, 0.15) is 36.5 Å². The molecule has 0 radical (unpaired) electrons. The molecule has 10 heteroatoms. The number of nitrogens with zero attached hydrogens (tertiary/aromatic N) is 5. The third kappa shape index (κ3) is 5.27. The normalized spacial score (nSPS) is 21.8. The number of anilines is 2. The van der Waals surface area contributed by atoms with Crippen LogP contribution in [0.25, 0.3) is 22.6 Å². The van der Waals surface area contributed by atoms with Crippen LogP contribution in [-0.2, 0) is 0 Å². The van der Waals surface area contributed by atoms with Crippen molar-refractivity contribution in [2.75, 3.05) is 50.1 Å². The summed E-state index contributed by atoms with van der Waals surface area (Å²) in [7, 11) is 4.10. The van der Waals surface area contributed by atoms with Gasteiger partial charge in [0.25, 0.3) is 0 Å². The minimum absolute atomic E-state index is 0.137. The Bertz CT molecular complexity index is 1560. The lowest BCUT2D eigenvalue weighted by Gasteiger charge is -2.43. The number of piperazine rings is 1. The summed E-state index contributed by atoms with van der Waals surface area (Å²) in [5, 5.41) is 15.1. The van der Waals surface area contributed by atoms with Gasteiger partial charge in [-0.15, -0.1) is 0 Å². The van der Waals surface area contributed by atoms with Crippen LogP contribution in [0.2, 0.25) is 5.02 Å². The minimum Gasteiger partial charge on any atom is -0.508 e. The van der Waals surface area contributed by atoms with Gasteiger partial charge in [0, 0.05) is 55.3 Å². The smallest absolute Gasteiger partial charge is 0.228 e. The summed E-state index contributed by atoms with van der Waals surface area (Å²) in [6, 6.07) is 7.55. The number of allylic oxidation sites excluding steroid dienone is 2. The number of aromatic nitrogens is 2. The van der Waals surface area contributed by atoms with E-state index in [0.717, 1.165) is 39.0 Å². The van der Waals surface area contributed by atoms with Gasteiger partial charge in [0.1, 0.15) is 22.9 Å². The van der Waals surface area contributed by atoms with E-state index in [9.17, 15) is 9.50 Å². The Morgan fingerprint density at radius 3 is 2.49 bits per heavy atom. The number of hydrogen-bond donors (Lipinski definition) is 2. The van der Waals surface area contributed by atoms with Crippen molar-refractivity contribution >= 4 is 45.9 Å². The lowest BCUT2D eigenvalue weighted by molar-refractivity contribution is 0.245. The van der Waals surface area contributed by atoms with E-state index >= 15 is 4.39 Å². The van der Waals surface area contributed by atoms with E-state index in [0.29, 0.717) is 52.0 Å². The Labute approximate surface area is 244 Å². The molecule has 2 unspecified atom stereocenters. The van der Waals surface area contributed by atoms with Gasteiger partial charge in [-0.1, -0.05) is 23.7 Å². The van der Waals surface area contributed by atoms with Gasteiger partial charge >= 0.3 is 0 Å². The molecule has 3 aliphatic heterocycles. The number of rotatable bonds is 6. The van der Waals surface area contributed by atoms with Crippen LogP contribution in [-0.4, -0.2) is 78.4 Å². The summed E-state index contributed by atoms with van der Waals surface area (Å²) in [6.07, 6.45) is 5.12. The maximum Gasteiger partial charge on any atom is 0.228 e. The maximum atomic E-state index is 16.4. The highest BCUT2D eigenvalue weighted by Crippen LogP contribution is 2.38. The van der Waals surface area contributed by atoms with E-state index in [1.165, 1.54) is 18.2 Å². The van der Waals surface area contributed by atoms with Crippen LogP contribution in [0.5, 0.6) is 0 Å². The zero-order valence-corrected chi connectivity index (χ0v) is 24.5. The largest absolute Gasteiger partial charge is 0.508 e. The predicted octanol–water partition coefficient (Wildman–Crippen LogP) is 5.56. The molecule has 7 nitrogen and oxygen atoms in total. The van der Waals surface area contributed by atoms with Crippen molar-refractivity contribution in [1.82, 2.24) is 20.2 Å². The molecule has 3 aromatic rings. The molecule has 41 heavy (non-hydrogen) atoms. The Kier molecular flexibility index (Phi) is 7.38. The van der Waals surface area contributed by atoms with E-state index in [1.807, 2.05) is 14.1 Å². The van der Waals surface area contributed by atoms with Crippen LogP contribution in [0, 0.1) is 18.6 Å². The molecule has 3 aliphatic rings. The maximum absolute atomic E-state index is 16.4. The molecule has 4 heterocycles. The molecule has 216 valence electrons. The van der Waals surface area contributed by atoms with Gasteiger partial charge in [0.05, 0.1) is 5.02 Å². The number of benzene rings is 2. The molecule has 2 N–H and O–H groups in total. The van der Waals surface area contributed by atoms with Crippen LogP contribution < -0.4 is 15.1 Å². The van der Waals surface area contributed by atoms with Crippen molar-refractivity contribution in [3.63, 3.8) is 0 Å². The highest BCUT2D eigenvalue weighted by molar-refractivity contribution is 6.33. The topological polar surface area (TPSA) is 67.8 Å². The Hall–Kier alpha value is -3.27. The number of nitrogens with one attached hydrogen (secondary N) is 1. The first-order chi connectivity index (χ1) is 19.6. The zero-order chi connectivity index (χ0) is 29.0. The molecule has 1 aromatic heterocycles. The second-order valence-corrected chi connectivity index (χ2v) is 12.1. The average Bonchev–Trinajstić information content (AvgIpc) is 3.22. The van der Waals surface area contributed by atoms with E-state index in [1.54, 1.807) is 32.0 Å². The minimum atomic E-state index is -0.552. The fraction of sp³-hybridized carbons (Fsp3) is 0.419. The highest BCUT2D eigenvalue weighted by atomic mass is 35.5. The number of aliphatic hydroxyl groups excluding tert-OH is 1. The summed E-state index contributed by atoms with van der Waals surface area (Å²) in [4.78, 5) is 16.2. The van der Waals surface area contributed by atoms with Gasteiger partial charge in [0.2, 0.25) is 5.95 Å². The first-order valence-electron chi connectivity index (χ1n) is 14.1. The fourth-order valence-electron chi connectivity index (χ4n) is 6.10. The third-order valence-electron chi connectivity index (χ3n) is 8.61. The molecule has 0 aliphatic carbocycles. The van der Waals surface area contributed by atoms with E-state index in [-0.39, 0.29) is 27.7 Å². The summed E-state index contributed by atoms with van der Waals surface area (Å²) in [5.74, 6) is 0.162. The van der Waals surface area contributed by atoms with Gasteiger partial charge in [-0.25, -0.2) is 13.8 Å². The van der Waals surface area contributed by atoms with Gasteiger partial charge in [-0.3, -0.25) is 0 Å². The molecule has 0 spiro atoms. The van der Waals surface area contributed by atoms with Gasteiger partial charge < -0.3 is 25.1 Å². The van der Waals surface area contributed by atoms with Gasteiger partial charge in [-0.2, -0.15) is 4.98 Å². The van der Waals surface area contributed by atoms with Crippen molar-refractivity contribution in [3.05, 3.63) is 69.4 Å². The summed E-state index contributed by atoms with van der Waals surface area (Å²) >= 11 is 6.73. The van der Waals surface area contributed by atoms with Crippen molar-refractivity contribution in [1.29, 1.82) is 0 Å². The third-order valence-corrected chi connectivity index (χ3v) is 8.91. The van der Waals surface area contributed by atoms with Crippen LogP contribution >= 0.6 is 11.6 Å². The molecule has 0 saturated carbocycles. The summed E-state index contributed by atoms with van der Waals surface area (Å²) in [6.45, 7) is 6.45. The molecule has 6 rings (SSSR count). The number of hydrogen-bond acceptors (Lipinski definition) is 7. The van der Waals surface area contributed by atoms with E-state index in [2.05, 4.69) is 20.0 Å². The second-order valence-electron chi connectivity index (χ2n) is 11.7. The van der Waals surface area contributed by atoms with Crippen molar-refractivity contribution in [2.45, 2.75) is 44.8 Å². The monoisotopic (exact) mass is 580 g/mol. The van der Waals surface area contributed by atoms with E-state index < -0.39 is 5.82 Å². The van der Waals surface area contributed by atoms with Crippen LogP contribution in [0.15, 0.2) is 36.1 Å². The zero-order valence-electron chi connectivity index (χ0n) is 23.8.